The SMILES string of the molecule is O=[N+]([O-])c1ccc(OS(=O)(=O)NCC2COC2)cc1. The van der Waals surface area contributed by atoms with Crippen molar-refractivity contribution < 1.29 is 22.3 Å². The van der Waals surface area contributed by atoms with Crippen molar-refractivity contribution in [2.24, 2.45) is 5.92 Å². The van der Waals surface area contributed by atoms with Gasteiger partial charge < -0.3 is 8.92 Å². The number of nitro groups is 1. The Labute approximate surface area is 109 Å². The molecule has 104 valence electrons. The molecular weight excluding hydrogens is 276 g/mol. The summed E-state index contributed by atoms with van der Waals surface area (Å²) in [5, 5.41) is 10.4. The fourth-order valence-electron chi connectivity index (χ4n) is 1.40. The Morgan fingerprint density at radius 2 is 2.00 bits per heavy atom. The van der Waals surface area contributed by atoms with Crippen LogP contribution >= 0.6 is 0 Å². The molecule has 1 heterocycles. The highest BCUT2D eigenvalue weighted by atomic mass is 32.2. The number of nitrogens with one attached hydrogen (secondary N) is 1. The van der Waals surface area contributed by atoms with E-state index in [0.29, 0.717) is 13.2 Å². The first-order valence-electron chi connectivity index (χ1n) is 5.47. The molecule has 0 saturated carbocycles. The third kappa shape index (κ3) is 3.88. The number of hydrogen-bond acceptors (Lipinski definition) is 6. The van der Waals surface area contributed by atoms with Crippen LogP contribution in [0.25, 0.3) is 0 Å². The summed E-state index contributed by atoms with van der Waals surface area (Å²) < 4.78 is 35.1. The lowest BCUT2D eigenvalue weighted by molar-refractivity contribution is -0.384. The summed E-state index contributed by atoms with van der Waals surface area (Å²) >= 11 is 0. The Balaban J connectivity index is 1.92. The summed E-state index contributed by atoms with van der Waals surface area (Å²) in [5.41, 5.74) is -0.135. The van der Waals surface area contributed by atoms with E-state index in [-0.39, 0.29) is 23.9 Å². The minimum atomic E-state index is -3.91. The molecule has 0 aliphatic carbocycles. The predicted octanol–water partition coefficient (Wildman–Crippen LogP) is 0.454. The van der Waals surface area contributed by atoms with Gasteiger partial charge >= 0.3 is 10.3 Å². The number of hydrogen-bond donors (Lipinski definition) is 1. The molecule has 1 fully saturated rings. The molecule has 0 aromatic heterocycles. The lowest BCUT2D eigenvalue weighted by atomic mass is 10.1. The third-order valence-electron chi connectivity index (χ3n) is 2.51. The molecule has 1 N–H and O–H groups in total. The van der Waals surface area contributed by atoms with Crippen molar-refractivity contribution in [3.63, 3.8) is 0 Å². The Bertz CT molecular complexity index is 552. The molecule has 9 heteroatoms. The van der Waals surface area contributed by atoms with E-state index in [4.69, 9.17) is 8.92 Å². The second-order valence-corrected chi connectivity index (χ2v) is 5.40. The van der Waals surface area contributed by atoms with Crippen molar-refractivity contribution in [1.82, 2.24) is 4.72 Å². The fraction of sp³-hybridized carbons (Fsp3) is 0.400. The van der Waals surface area contributed by atoms with E-state index < -0.39 is 15.2 Å². The van der Waals surface area contributed by atoms with Crippen LogP contribution in [0.5, 0.6) is 5.75 Å². The normalized spacial score (nSPS) is 15.8. The van der Waals surface area contributed by atoms with Crippen LogP contribution < -0.4 is 8.91 Å². The Morgan fingerprint density at radius 3 is 2.47 bits per heavy atom. The maximum Gasteiger partial charge on any atom is 0.382 e. The molecule has 0 atom stereocenters. The number of ether oxygens (including phenoxy) is 1. The first kappa shape index (κ1) is 13.7. The van der Waals surface area contributed by atoms with Crippen LogP contribution in [0.4, 0.5) is 5.69 Å². The zero-order valence-corrected chi connectivity index (χ0v) is 10.6. The molecule has 0 spiro atoms. The van der Waals surface area contributed by atoms with E-state index in [1.54, 1.807) is 0 Å². The number of nitro benzene ring substituents is 1. The van der Waals surface area contributed by atoms with Crippen molar-refractivity contribution in [1.29, 1.82) is 0 Å². The minimum absolute atomic E-state index is 0.0166. The van der Waals surface area contributed by atoms with Gasteiger partial charge in [0.05, 0.1) is 18.1 Å². The van der Waals surface area contributed by atoms with Crippen LogP contribution in [0, 0.1) is 16.0 Å². The monoisotopic (exact) mass is 288 g/mol. The molecule has 8 nitrogen and oxygen atoms in total. The quantitative estimate of drug-likeness (QED) is 0.601. The van der Waals surface area contributed by atoms with E-state index in [2.05, 4.69) is 4.72 Å². The smallest absolute Gasteiger partial charge is 0.381 e. The molecule has 0 bridgehead atoms. The maximum absolute atomic E-state index is 11.6. The van der Waals surface area contributed by atoms with Gasteiger partial charge in [-0.2, -0.15) is 13.1 Å². The van der Waals surface area contributed by atoms with Crippen molar-refractivity contribution in [3.05, 3.63) is 34.4 Å². The van der Waals surface area contributed by atoms with E-state index >= 15 is 0 Å². The molecular formula is C10H12N2O6S. The zero-order chi connectivity index (χ0) is 13.9. The number of nitrogens with zero attached hydrogens (tertiary/aromatic N) is 1. The van der Waals surface area contributed by atoms with Gasteiger partial charge in [-0.15, -0.1) is 0 Å². The molecule has 1 saturated heterocycles. The first-order valence-corrected chi connectivity index (χ1v) is 6.88. The van der Waals surface area contributed by atoms with Gasteiger partial charge in [-0.1, -0.05) is 0 Å². The Kier molecular flexibility index (Phi) is 3.98. The number of non-ortho nitro benzene ring substituents is 1. The van der Waals surface area contributed by atoms with Crippen molar-refractivity contribution in [3.8, 4) is 5.75 Å². The average molecular weight is 288 g/mol. The van der Waals surface area contributed by atoms with E-state index in [0.717, 1.165) is 0 Å². The molecule has 0 unspecified atom stereocenters. The predicted molar refractivity (Wildman–Crippen MR) is 65.0 cm³/mol. The number of benzene rings is 1. The average Bonchev–Trinajstić information content (AvgIpc) is 2.26. The first-order chi connectivity index (χ1) is 8.96. The highest BCUT2D eigenvalue weighted by Gasteiger charge is 2.22. The molecule has 19 heavy (non-hydrogen) atoms. The fourth-order valence-corrected chi connectivity index (χ4v) is 2.27. The lowest BCUT2D eigenvalue weighted by Crippen LogP contribution is -2.40. The summed E-state index contributed by atoms with van der Waals surface area (Å²) in [6.45, 7) is 1.30. The summed E-state index contributed by atoms with van der Waals surface area (Å²) in [6, 6.07) is 4.79. The highest BCUT2D eigenvalue weighted by molar-refractivity contribution is 7.85. The minimum Gasteiger partial charge on any atom is -0.381 e. The molecule has 0 radical (unpaired) electrons. The molecule has 1 aromatic carbocycles. The summed E-state index contributed by atoms with van der Waals surface area (Å²) in [7, 11) is -3.91. The molecule has 0 amide bonds. The molecule has 2 rings (SSSR count). The van der Waals surface area contributed by atoms with Crippen LogP contribution in [0.3, 0.4) is 0 Å². The largest absolute Gasteiger partial charge is 0.382 e. The van der Waals surface area contributed by atoms with Gasteiger partial charge in [0.15, 0.2) is 0 Å². The third-order valence-corrected chi connectivity index (χ3v) is 3.44. The maximum atomic E-state index is 11.6. The van der Waals surface area contributed by atoms with E-state index in [9.17, 15) is 18.5 Å². The van der Waals surface area contributed by atoms with Crippen molar-refractivity contribution in [2.75, 3.05) is 19.8 Å². The van der Waals surface area contributed by atoms with E-state index in [1.807, 2.05) is 0 Å². The Hall–Kier alpha value is -1.71. The van der Waals surface area contributed by atoms with Gasteiger partial charge in [0, 0.05) is 24.6 Å². The number of rotatable bonds is 6. The lowest BCUT2D eigenvalue weighted by Gasteiger charge is -2.25. The molecule has 1 aromatic rings. The summed E-state index contributed by atoms with van der Waals surface area (Å²) in [5.74, 6) is 0.179. The van der Waals surface area contributed by atoms with Gasteiger partial charge in [0.2, 0.25) is 0 Å². The van der Waals surface area contributed by atoms with Gasteiger partial charge in [0.1, 0.15) is 5.75 Å². The van der Waals surface area contributed by atoms with Gasteiger partial charge in [-0.25, -0.2) is 0 Å². The van der Waals surface area contributed by atoms with Crippen LogP contribution in [-0.4, -0.2) is 33.1 Å². The van der Waals surface area contributed by atoms with Crippen LogP contribution in [0.1, 0.15) is 0 Å². The van der Waals surface area contributed by atoms with Crippen LogP contribution in [0.2, 0.25) is 0 Å². The second kappa shape index (κ2) is 5.51. The van der Waals surface area contributed by atoms with Gasteiger partial charge in [0.25, 0.3) is 5.69 Å². The van der Waals surface area contributed by atoms with Crippen molar-refractivity contribution in [2.45, 2.75) is 0 Å². The van der Waals surface area contributed by atoms with Gasteiger partial charge in [-0.3, -0.25) is 10.1 Å². The van der Waals surface area contributed by atoms with Crippen molar-refractivity contribution >= 4 is 16.0 Å². The topological polar surface area (TPSA) is 108 Å². The van der Waals surface area contributed by atoms with E-state index in [1.165, 1.54) is 24.3 Å². The molecule has 1 aliphatic rings. The summed E-state index contributed by atoms with van der Waals surface area (Å²) in [4.78, 5) is 9.86. The summed E-state index contributed by atoms with van der Waals surface area (Å²) in [6.07, 6.45) is 0. The zero-order valence-electron chi connectivity index (χ0n) is 9.81. The highest BCUT2D eigenvalue weighted by Crippen LogP contribution is 2.18. The van der Waals surface area contributed by atoms with Crippen LogP contribution in [-0.2, 0) is 15.0 Å². The standard InChI is InChI=1S/C10H12N2O6S/c13-12(14)9-1-3-10(4-2-9)18-19(15,16)11-5-8-6-17-7-8/h1-4,8,11H,5-7H2. The Morgan fingerprint density at radius 1 is 1.37 bits per heavy atom. The second-order valence-electron chi connectivity index (χ2n) is 4.04. The van der Waals surface area contributed by atoms with Gasteiger partial charge in [-0.05, 0) is 12.1 Å². The molecule has 1 aliphatic heterocycles. The van der Waals surface area contributed by atoms with Crippen LogP contribution in [0.15, 0.2) is 24.3 Å².